The van der Waals surface area contributed by atoms with Gasteiger partial charge in [-0.05, 0) is 54.2 Å². The van der Waals surface area contributed by atoms with Crippen LogP contribution >= 0.6 is 35.4 Å². The molecule has 8 heteroatoms. The van der Waals surface area contributed by atoms with Gasteiger partial charge in [0.2, 0.25) is 0 Å². The minimum absolute atomic E-state index is 0.0647. The minimum Gasteiger partial charge on any atom is -0.493 e. The molecule has 0 atom stereocenters. The van der Waals surface area contributed by atoms with E-state index in [4.69, 9.17) is 40.2 Å². The van der Waals surface area contributed by atoms with Gasteiger partial charge in [-0.3, -0.25) is 14.9 Å². The predicted octanol–water partition coefficient (Wildman–Crippen LogP) is 5.67. The topological polar surface area (TPSA) is 58.6 Å². The fourth-order valence-electron chi connectivity index (χ4n) is 3.13. The van der Waals surface area contributed by atoms with Crippen LogP contribution in [0, 0.1) is 0 Å². The Morgan fingerprint density at radius 1 is 1.12 bits per heavy atom. The fourth-order valence-corrected chi connectivity index (χ4v) is 3.74. The van der Waals surface area contributed by atoms with E-state index < -0.39 is 5.91 Å². The zero-order valence-electron chi connectivity index (χ0n) is 17.4. The second-order valence-electron chi connectivity index (χ2n) is 6.74. The summed E-state index contributed by atoms with van der Waals surface area (Å²) in [7, 11) is 1.64. The lowest BCUT2D eigenvalue weighted by molar-refractivity contribution is -0.118. The number of ether oxygens (including phenoxy) is 1. The number of fused-ring (bicyclic) bond motifs is 1. The van der Waals surface area contributed by atoms with Crippen molar-refractivity contribution in [2.24, 2.45) is 0 Å². The summed E-state index contributed by atoms with van der Waals surface area (Å²) < 4.78 is 5.72. The van der Waals surface area contributed by atoms with Crippen LogP contribution < -0.4 is 15.0 Å². The Hall–Kier alpha value is -2.93. The van der Waals surface area contributed by atoms with E-state index in [0.29, 0.717) is 39.9 Å². The van der Waals surface area contributed by atoms with Crippen LogP contribution in [0.25, 0.3) is 16.8 Å². The van der Waals surface area contributed by atoms with Crippen LogP contribution in [-0.2, 0) is 9.59 Å². The number of rotatable bonds is 6. The molecule has 0 aromatic heterocycles. The van der Waals surface area contributed by atoms with Crippen molar-refractivity contribution < 1.29 is 14.3 Å². The summed E-state index contributed by atoms with van der Waals surface area (Å²) >= 11 is 17.6. The summed E-state index contributed by atoms with van der Waals surface area (Å²) in [6.45, 7) is 2.31. The smallest absolute Gasteiger partial charge is 0.260 e. The SMILES string of the molecule is CCOc1ccc2ccccc2c1/C=C(/C=O)C(=O)NC(=S)N(C)c1cccc(Cl)c1Cl. The van der Waals surface area contributed by atoms with E-state index in [0.717, 1.165) is 10.8 Å². The number of nitrogens with one attached hydrogen (secondary N) is 1. The molecule has 32 heavy (non-hydrogen) atoms. The molecule has 5 nitrogen and oxygen atoms in total. The minimum atomic E-state index is -0.648. The molecular formula is C24H20Cl2N2O3S. The first-order valence-corrected chi connectivity index (χ1v) is 10.9. The van der Waals surface area contributed by atoms with Gasteiger partial charge in [0.1, 0.15) is 5.75 Å². The second-order valence-corrected chi connectivity index (χ2v) is 7.91. The summed E-state index contributed by atoms with van der Waals surface area (Å²) in [4.78, 5) is 26.2. The number of anilines is 1. The molecule has 0 spiro atoms. The van der Waals surface area contributed by atoms with Crippen LogP contribution in [0.3, 0.4) is 0 Å². The molecule has 3 aromatic rings. The van der Waals surface area contributed by atoms with Crippen LogP contribution in [0.15, 0.2) is 60.2 Å². The molecule has 1 N–H and O–H groups in total. The molecule has 0 aliphatic heterocycles. The molecule has 164 valence electrons. The maximum atomic E-state index is 12.9. The summed E-state index contributed by atoms with van der Waals surface area (Å²) in [6.07, 6.45) is 1.99. The Labute approximate surface area is 201 Å². The van der Waals surface area contributed by atoms with Gasteiger partial charge in [-0.1, -0.05) is 59.6 Å². The van der Waals surface area contributed by atoms with Gasteiger partial charge in [0.05, 0.1) is 27.9 Å². The molecule has 3 aromatic carbocycles. The molecule has 1 amide bonds. The highest BCUT2D eigenvalue weighted by Gasteiger charge is 2.18. The van der Waals surface area contributed by atoms with E-state index in [9.17, 15) is 9.59 Å². The Morgan fingerprint density at radius 3 is 2.59 bits per heavy atom. The second kappa shape index (κ2) is 10.6. The van der Waals surface area contributed by atoms with Gasteiger partial charge in [-0.15, -0.1) is 0 Å². The Balaban J connectivity index is 1.92. The van der Waals surface area contributed by atoms with Gasteiger partial charge in [-0.2, -0.15) is 0 Å². The van der Waals surface area contributed by atoms with Gasteiger partial charge in [0, 0.05) is 12.6 Å². The van der Waals surface area contributed by atoms with Crippen molar-refractivity contribution in [1.82, 2.24) is 5.32 Å². The molecule has 0 aliphatic rings. The average molecular weight is 487 g/mol. The number of halogens is 2. The Kier molecular flexibility index (Phi) is 7.85. The fraction of sp³-hybridized carbons (Fsp3) is 0.125. The van der Waals surface area contributed by atoms with Crippen molar-refractivity contribution in [3.63, 3.8) is 0 Å². The number of aldehydes is 1. The van der Waals surface area contributed by atoms with E-state index in [1.165, 1.54) is 11.0 Å². The third kappa shape index (κ3) is 5.10. The van der Waals surface area contributed by atoms with E-state index >= 15 is 0 Å². The lowest BCUT2D eigenvalue weighted by Gasteiger charge is -2.22. The third-order valence-corrected chi connectivity index (χ3v) is 5.92. The molecule has 0 radical (unpaired) electrons. The highest BCUT2D eigenvalue weighted by Crippen LogP contribution is 2.32. The summed E-state index contributed by atoms with van der Waals surface area (Å²) in [5.41, 5.74) is 1.06. The van der Waals surface area contributed by atoms with Crippen molar-refractivity contribution >= 4 is 75.3 Å². The number of hydrogen-bond acceptors (Lipinski definition) is 4. The highest BCUT2D eigenvalue weighted by atomic mass is 35.5. The number of thiocarbonyl (C=S) groups is 1. The molecule has 0 unspecified atom stereocenters. The van der Waals surface area contributed by atoms with Gasteiger partial charge < -0.3 is 9.64 Å². The zero-order chi connectivity index (χ0) is 23.3. The molecule has 0 saturated carbocycles. The van der Waals surface area contributed by atoms with Gasteiger partial charge >= 0.3 is 0 Å². The van der Waals surface area contributed by atoms with Crippen molar-refractivity contribution in [3.05, 3.63) is 75.8 Å². The molecule has 0 fully saturated rings. The van der Waals surface area contributed by atoms with Crippen molar-refractivity contribution in [2.75, 3.05) is 18.6 Å². The Bertz CT molecular complexity index is 1230. The first kappa shape index (κ1) is 23.7. The van der Waals surface area contributed by atoms with Gasteiger partial charge in [0.15, 0.2) is 11.4 Å². The first-order chi connectivity index (χ1) is 15.4. The molecule has 3 rings (SSSR count). The van der Waals surface area contributed by atoms with Crippen molar-refractivity contribution in [2.45, 2.75) is 6.92 Å². The van der Waals surface area contributed by atoms with E-state index in [-0.39, 0.29) is 10.7 Å². The number of hydrogen-bond donors (Lipinski definition) is 1. The van der Waals surface area contributed by atoms with Gasteiger partial charge in [0.25, 0.3) is 5.91 Å². The van der Waals surface area contributed by atoms with Crippen molar-refractivity contribution in [1.29, 1.82) is 0 Å². The van der Waals surface area contributed by atoms with E-state index in [2.05, 4.69) is 5.32 Å². The molecule has 0 bridgehead atoms. The van der Waals surface area contributed by atoms with Crippen LogP contribution in [-0.4, -0.2) is 31.0 Å². The number of carbonyl (C=O) groups excluding carboxylic acids is 2. The normalized spacial score (nSPS) is 11.2. The van der Waals surface area contributed by atoms with Crippen LogP contribution in [0.5, 0.6) is 5.75 Å². The first-order valence-electron chi connectivity index (χ1n) is 9.71. The summed E-state index contributed by atoms with van der Waals surface area (Å²) in [5, 5.41) is 5.11. The lowest BCUT2D eigenvalue weighted by atomic mass is 10.0. The molecule has 0 aliphatic carbocycles. The van der Waals surface area contributed by atoms with E-state index in [1.54, 1.807) is 25.2 Å². The van der Waals surface area contributed by atoms with Crippen LogP contribution in [0.1, 0.15) is 12.5 Å². The van der Waals surface area contributed by atoms with E-state index in [1.807, 2.05) is 43.3 Å². The lowest BCUT2D eigenvalue weighted by Crippen LogP contribution is -2.41. The quantitative estimate of drug-likeness (QED) is 0.160. The van der Waals surface area contributed by atoms with Gasteiger partial charge in [-0.25, -0.2) is 0 Å². The molecule has 0 saturated heterocycles. The predicted molar refractivity (Wildman–Crippen MR) is 135 cm³/mol. The average Bonchev–Trinajstić information content (AvgIpc) is 2.79. The number of benzene rings is 3. The highest BCUT2D eigenvalue weighted by molar-refractivity contribution is 7.80. The summed E-state index contributed by atoms with van der Waals surface area (Å²) in [5.74, 6) is -0.0749. The number of nitrogens with zero attached hydrogens (tertiary/aromatic N) is 1. The van der Waals surface area contributed by atoms with Crippen LogP contribution in [0.2, 0.25) is 10.0 Å². The monoisotopic (exact) mass is 486 g/mol. The number of amides is 1. The zero-order valence-corrected chi connectivity index (χ0v) is 19.7. The summed E-state index contributed by atoms with van der Waals surface area (Å²) in [6, 6.07) is 16.5. The standard InChI is InChI=1S/C24H20Cl2N2O3S/c1-3-31-21-12-11-15-7-4-5-8-17(15)18(21)13-16(14-29)23(30)27-24(32)28(2)20-10-6-9-19(25)22(20)26/h4-14H,3H2,1-2H3,(H,27,30,32)/b16-13-. The third-order valence-electron chi connectivity index (χ3n) is 4.74. The largest absolute Gasteiger partial charge is 0.493 e. The number of carbonyl (C=O) groups is 2. The van der Waals surface area contributed by atoms with Crippen LogP contribution in [0.4, 0.5) is 5.69 Å². The molecular weight excluding hydrogens is 467 g/mol. The maximum absolute atomic E-state index is 12.9. The maximum Gasteiger partial charge on any atom is 0.260 e. The Morgan fingerprint density at radius 2 is 1.88 bits per heavy atom. The molecule has 0 heterocycles. The van der Waals surface area contributed by atoms with Crippen molar-refractivity contribution in [3.8, 4) is 5.75 Å².